The monoisotopic (exact) mass is 216 g/mol. The van der Waals surface area contributed by atoms with Crippen molar-refractivity contribution in [3.05, 3.63) is 30.2 Å². The van der Waals surface area contributed by atoms with Gasteiger partial charge >= 0.3 is 0 Å². The molecule has 4 heteroatoms. The Bertz CT molecular complexity index is 529. The van der Waals surface area contributed by atoms with Crippen molar-refractivity contribution in [2.75, 3.05) is 6.54 Å². The number of nitrogens with zero attached hydrogens (tertiary/aromatic N) is 3. The molecule has 0 spiro atoms. The van der Waals surface area contributed by atoms with Crippen LogP contribution in [0.25, 0.3) is 5.65 Å². The third-order valence-electron chi connectivity index (χ3n) is 3.93. The summed E-state index contributed by atoms with van der Waals surface area (Å²) < 4.78 is 1.83. The van der Waals surface area contributed by atoms with Crippen LogP contribution in [0.1, 0.15) is 25.3 Å². The van der Waals surface area contributed by atoms with E-state index in [4.69, 9.17) is 5.73 Å². The molecule has 2 unspecified atom stereocenters. The van der Waals surface area contributed by atoms with Crippen molar-refractivity contribution >= 4 is 5.65 Å². The van der Waals surface area contributed by atoms with Gasteiger partial charge in [-0.05, 0) is 29.4 Å². The van der Waals surface area contributed by atoms with Crippen molar-refractivity contribution < 1.29 is 0 Å². The molecule has 3 rings (SSSR count). The highest BCUT2D eigenvalue weighted by atomic mass is 15.2. The van der Waals surface area contributed by atoms with Crippen LogP contribution in [0.2, 0.25) is 0 Å². The van der Waals surface area contributed by atoms with E-state index in [0.29, 0.717) is 17.3 Å². The maximum Gasteiger partial charge on any atom is 0.154 e. The molecule has 4 nitrogen and oxygen atoms in total. The Labute approximate surface area is 94.5 Å². The zero-order valence-electron chi connectivity index (χ0n) is 9.59. The molecule has 16 heavy (non-hydrogen) atoms. The van der Waals surface area contributed by atoms with Gasteiger partial charge in [-0.15, -0.1) is 0 Å². The Morgan fingerprint density at radius 3 is 3.00 bits per heavy atom. The van der Waals surface area contributed by atoms with Crippen LogP contribution in [0.15, 0.2) is 24.7 Å². The second-order valence-corrected chi connectivity index (χ2v) is 5.16. The van der Waals surface area contributed by atoms with Gasteiger partial charge in [-0.2, -0.15) is 5.10 Å². The van der Waals surface area contributed by atoms with Crippen LogP contribution in [0.4, 0.5) is 0 Å². The van der Waals surface area contributed by atoms with E-state index in [9.17, 15) is 0 Å². The number of fused-ring (bicyclic) bond motifs is 1. The summed E-state index contributed by atoms with van der Waals surface area (Å²) in [6, 6.07) is 1.90. The molecule has 2 aromatic heterocycles. The van der Waals surface area contributed by atoms with E-state index in [1.165, 1.54) is 5.56 Å². The second-order valence-electron chi connectivity index (χ2n) is 5.16. The zero-order chi connectivity index (χ0) is 11.3. The van der Waals surface area contributed by atoms with Crippen LogP contribution in [0, 0.1) is 11.3 Å². The third-order valence-corrected chi connectivity index (χ3v) is 3.93. The molecule has 0 aliphatic heterocycles. The number of nitrogens with two attached hydrogens (primary N) is 1. The fourth-order valence-electron chi connectivity index (χ4n) is 2.83. The molecular weight excluding hydrogens is 200 g/mol. The van der Waals surface area contributed by atoms with Crippen molar-refractivity contribution in [2.24, 2.45) is 17.1 Å². The summed E-state index contributed by atoms with van der Waals surface area (Å²) in [5.74, 6) is 1.10. The standard InChI is InChI=1S/C12H16N4/c1-12(2)9(5-13)11(12)8-6-14-10-3-4-15-16(10)7-8/h3-4,6-7,9,11H,5,13H2,1-2H3. The fourth-order valence-corrected chi connectivity index (χ4v) is 2.83. The molecule has 1 saturated carbocycles. The third kappa shape index (κ3) is 1.19. The minimum atomic E-state index is 0.303. The zero-order valence-corrected chi connectivity index (χ0v) is 9.59. The smallest absolute Gasteiger partial charge is 0.154 e. The molecule has 0 saturated heterocycles. The van der Waals surface area contributed by atoms with Gasteiger partial charge < -0.3 is 5.73 Å². The van der Waals surface area contributed by atoms with Crippen molar-refractivity contribution in [3.8, 4) is 0 Å². The van der Waals surface area contributed by atoms with Gasteiger partial charge in [0.05, 0.1) is 6.20 Å². The van der Waals surface area contributed by atoms with Crippen LogP contribution in [-0.4, -0.2) is 21.1 Å². The average Bonchev–Trinajstić information content (AvgIpc) is 2.62. The van der Waals surface area contributed by atoms with Crippen LogP contribution in [0.5, 0.6) is 0 Å². The molecule has 84 valence electrons. The van der Waals surface area contributed by atoms with Crippen molar-refractivity contribution in [2.45, 2.75) is 19.8 Å². The van der Waals surface area contributed by atoms with E-state index >= 15 is 0 Å². The average molecular weight is 216 g/mol. The Balaban J connectivity index is 2.01. The van der Waals surface area contributed by atoms with E-state index in [2.05, 4.69) is 30.1 Å². The molecule has 0 radical (unpaired) electrons. The van der Waals surface area contributed by atoms with Gasteiger partial charge in [-0.1, -0.05) is 13.8 Å². The van der Waals surface area contributed by atoms with Crippen LogP contribution >= 0.6 is 0 Å². The van der Waals surface area contributed by atoms with Crippen LogP contribution in [-0.2, 0) is 0 Å². The van der Waals surface area contributed by atoms with Gasteiger partial charge in [-0.3, -0.25) is 0 Å². The maximum atomic E-state index is 5.79. The largest absolute Gasteiger partial charge is 0.330 e. The summed E-state index contributed by atoms with van der Waals surface area (Å²) in [5, 5.41) is 4.21. The predicted molar refractivity (Wildman–Crippen MR) is 62.1 cm³/mol. The summed E-state index contributed by atoms with van der Waals surface area (Å²) in [6.45, 7) is 5.28. The van der Waals surface area contributed by atoms with Gasteiger partial charge in [0, 0.05) is 18.5 Å². The highest BCUT2D eigenvalue weighted by Gasteiger charge is 2.57. The van der Waals surface area contributed by atoms with Gasteiger partial charge in [-0.25, -0.2) is 9.50 Å². The molecule has 0 bridgehead atoms. The minimum Gasteiger partial charge on any atom is -0.330 e. The van der Waals surface area contributed by atoms with Gasteiger partial charge in [0.25, 0.3) is 0 Å². The first kappa shape index (κ1) is 9.78. The van der Waals surface area contributed by atoms with Gasteiger partial charge in [0.2, 0.25) is 0 Å². The summed E-state index contributed by atoms with van der Waals surface area (Å²) in [4.78, 5) is 4.40. The Kier molecular flexibility index (Phi) is 1.86. The van der Waals surface area contributed by atoms with Crippen molar-refractivity contribution in [3.63, 3.8) is 0 Å². The topological polar surface area (TPSA) is 56.2 Å². The maximum absolute atomic E-state index is 5.79. The normalized spacial score (nSPS) is 27.2. The lowest BCUT2D eigenvalue weighted by molar-refractivity contribution is 0.558. The second kappa shape index (κ2) is 3.04. The molecular formula is C12H16N4. The summed E-state index contributed by atoms with van der Waals surface area (Å²) in [6.07, 6.45) is 5.80. The SMILES string of the molecule is CC1(C)C(CN)C1c1cnc2ccnn2c1. The molecule has 1 fully saturated rings. The molecule has 1 aliphatic carbocycles. The van der Waals surface area contributed by atoms with Crippen LogP contribution in [0.3, 0.4) is 0 Å². The minimum absolute atomic E-state index is 0.303. The fraction of sp³-hybridized carbons (Fsp3) is 0.500. The Morgan fingerprint density at radius 1 is 1.50 bits per heavy atom. The lowest BCUT2D eigenvalue weighted by atomic mass is 10.1. The van der Waals surface area contributed by atoms with E-state index in [-0.39, 0.29) is 0 Å². The first-order chi connectivity index (χ1) is 7.64. The summed E-state index contributed by atoms with van der Waals surface area (Å²) in [7, 11) is 0. The molecule has 1 aliphatic rings. The highest BCUT2D eigenvalue weighted by molar-refractivity contribution is 5.38. The lowest BCUT2D eigenvalue weighted by Crippen LogP contribution is -2.05. The molecule has 2 atom stereocenters. The first-order valence-corrected chi connectivity index (χ1v) is 5.64. The predicted octanol–water partition coefficient (Wildman–Crippen LogP) is 1.43. The molecule has 2 heterocycles. The van der Waals surface area contributed by atoms with Crippen LogP contribution < -0.4 is 5.73 Å². The molecule has 2 aromatic rings. The number of hydrogen-bond acceptors (Lipinski definition) is 3. The van der Waals surface area contributed by atoms with Crippen molar-refractivity contribution in [1.82, 2.24) is 14.6 Å². The summed E-state index contributed by atoms with van der Waals surface area (Å²) >= 11 is 0. The van der Waals surface area contributed by atoms with E-state index in [0.717, 1.165) is 12.2 Å². The van der Waals surface area contributed by atoms with E-state index in [1.54, 1.807) is 6.20 Å². The molecule has 0 aromatic carbocycles. The van der Waals surface area contributed by atoms with Crippen molar-refractivity contribution in [1.29, 1.82) is 0 Å². The first-order valence-electron chi connectivity index (χ1n) is 5.64. The van der Waals surface area contributed by atoms with Gasteiger partial charge in [0.1, 0.15) is 0 Å². The molecule has 0 amide bonds. The van der Waals surface area contributed by atoms with Gasteiger partial charge in [0.15, 0.2) is 5.65 Å². The Morgan fingerprint density at radius 2 is 2.31 bits per heavy atom. The number of aromatic nitrogens is 3. The lowest BCUT2D eigenvalue weighted by Gasteiger charge is -2.03. The number of rotatable bonds is 2. The van der Waals surface area contributed by atoms with E-state index in [1.807, 2.05) is 16.8 Å². The van der Waals surface area contributed by atoms with E-state index < -0.39 is 0 Å². The number of hydrogen-bond donors (Lipinski definition) is 1. The summed E-state index contributed by atoms with van der Waals surface area (Å²) in [5.41, 5.74) is 8.23. The highest BCUT2D eigenvalue weighted by Crippen LogP contribution is 2.63. The molecule has 2 N–H and O–H groups in total. The Hall–Kier alpha value is -1.42. The quantitative estimate of drug-likeness (QED) is 0.826.